The quantitative estimate of drug-likeness (QED) is 0.739. The van der Waals surface area contributed by atoms with Crippen LogP contribution in [0.2, 0.25) is 0 Å². The average Bonchev–Trinajstić information content (AvgIpc) is 2.26. The number of aryl methyl sites for hydroxylation is 1. The summed E-state index contributed by atoms with van der Waals surface area (Å²) in [6.45, 7) is 1.82. The van der Waals surface area contributed by atoms with E-state index in [1.807, 2.05) is 0 Å². The van der Waals surface area contributed by atoms with Crippen LogP contribution in [0.3, 0.4) is 0 Å². The summed E-state index contributed by atoms with van der Waals surface area (Å²) in [6.07, 6.45) is 5.33. The van der Waals surface area contributed by atoms with Crippen molar-refractivity contribution in [3.8, 4) is 5.88 Å². The van der Waals surface area contributed by atoms with Crippen LogP contribution in [0.5, 0.6) is 5.88 Å². The minimum atomic E-state index is -0.178. The van der Waals surface area contributed by atoms with E-state index in [-0.39, 0.29) is 17.5 Å². The molecule has 1 N–H and O–H groups in total. The van der Waals surface area contributed by atoms with E-state index in [2.05, 4.69) is 10.3 Å². The van der Waals surface area contributed by atoms with Gasteiger partial charge in [0, 0.05) is 26.0 Å². The molecule has 1 aromatic heterocycles. The SMILES string of the molecule is Cn1ccnc(OC2CCCNC2)c1=O. The van der Waals surface area contributed by atoms with E-state index in [1.165, 1.54) is 4.57 Å². The molecule has 0 saturated carbocycles. The second kappa shape index (κ2) is 4.44. The van der Waals surface area contributed by atoms with Crippen LogP contribution < -0.4 is 15.6 Å². The first kappa shape index (κ1) is 10.2. The molecule has 1 aromatic rings. The van der Waals surface area contributed by atoms with Gasteiger partial charge >= 0.3 is 5.56 Å². The first-order chi connectivity index (χ1) is 7.27. The van der Waals surface area contributed by atoms with Gasteiger partial charge in [-0.1, -0.05) is 0 Å². The average molecular weight is 209 g/mol. The van der Waals surface area contributed by atoms with E-state index in [0.29, 0.717) is 0 Å². The molecule has 5 nitrogen and oxygen atoms in total. The zero-order chi connectivity index (χ0) is 10.7. The lowest BCUT2D eigenvalue weighted by atomic mass is 10.1. The Morgan fingerprint density at radius 2 is 2.53 bits per heavy atom. The van der Waals surface area contributed by atoms with Crippen molar-refractivity contribution in [2.24, 2.45) is 7.05 Å². The van der Waals surface area contributed by atoms with Gasteiger partial charge in [-0.25, -0.2) is 4.98 Å². The second-order valence-electron chi connectivity index (χ2n) is 3.73. The van der Waals surface area contributed by atoms with Crippen LogP contribution >= 0.6 is 0 Å². The lowest BCUT2D eigenvalue weighted by Crippen LogP contribution is -2.38. The molecule has 2 heterocycles. The summed E-state index contributed by atoms with van der Waals surface area (Å²) in [5.74, 6) is 0.203. The van der Waals surface area contributed by atoms with Crippen molar-refractivity contribution in [2.45, 2.75) is 18.9 Å². The van der Waals surface area contributed by atoms with E-state index in [9.17, 15) is 4.79 Å². The molecule has 1 unspecified atom stereocenters. The summed E-state index contributed by atoms with van der Waals surface area (Å²) >= 11 is 0. The second-order valence-corrected chi connectivity index (χ2v) is 3.73. The Morgan fingerprint density at radius 3 is 3.27 bits per heavy atom. The molecule has 0 aromatic carbocycles. The molecule has 0 aliphatic carbocycles. The van der Waals surface area contributed by atoms with E-state index < -0.39 is 0 Å². The molecule has 15 heavy (non-hydrogen) atoms. The fraction of sp³-hybridized carbons (Fsp3) is 0.600. The Bertz CT molecular complexity index is 382. The van der Waals surface area contributed by atoms with Gasteiger partial charge in [0.1, 0.15) is 6.10 Å². The van der Waals surface area contributed by atoms with Gasteiger partial charge in [-0.2, -0.15) is 0 Å². The Balaban J connectivity index is 2.09. The maximum Gasteiger partial charge on any atom is 0.313 e. The molecule has 1 fully saturated rings. The number of aromatic nitrogens is 2. The van der Waals surface area contributed by atoms with E-state index >= 15 is 0 Å². The monoisotopic (exact) mass is 209 g/mol. The number of nitrogens with one attached hydrogen (secondary N) is 1. The van der Waals surface area contributed by atoms with Gasteiger partial charge in [0.2, 0.25) is 0 Å². The predicted molar refractivity (Wildman–Crippen MR) is 56.0 cm³/mol. The summed E-state index contributed by atoms with van der Waals surface area (Å²) in [7, 11) is 1.69. The lowest BCUT2D eigenvalue weighted by molar-refractivity contribution is 0.157. The van der Waals surface area contributed by atoms with Gasteiger partial charge in [-0.05, 0) is 19.4 Å². The van der Waals surface area contributed by atoms with Gasteiger partial charge < -0.3 is 14.6 Å². The van der Waals surface area contributed by atoms with Gasteiger partial charge in [0.25, 0.3) is 5.88 Å². The smallest absolute Gasteiger partial charge is 0.313 e. The van der Waals surface area contributed by atoms with Gasteiger partial charge in [-0.15, -0.1) is 0 Å². The van der Waals surface area contributed by atoms with Crippen molar-refractivity contribution < 1.29 is 4.74 Å². The third-order valence-electron chi connectivity index (χ3n) is 2.52. The third kappa shape index (κ3) is 2.36. The van der Waals surface area contributed by atoms with Crippen LogP contribution in [-0.4, -0.2) is 28.7 Å². The van der Waals surface area contributed by atoms with Crippen molar-refractivity contribution in [3.05, 3.63) is 22.7 Å². The van der Waals surface area contributed by atoms with E-state index in [1.54, 1.807) is 19.4 Å². The molecular weight excluding hydrogens is 194 g/mol. The normalized spacial score (nSPS) is 21.3. The molecule has 0 amide bonds. The molecule has 0 bridgehead atoms. The fourth-order valence-electron chi connectivity index (χ4n) is 1.63. The highest BCUT2D eigenvalue weighted by Crippen LogP contribution is 2.08. The van der Waals surface area contributed by atoms with Crippen molar-refractivity contribution in [3.63, 3.8) is 0 Å². The van der Waals surface area contributed by atoms with Crippen LogP contribution in [0, 0.1) is 0 Å². The molecule has 82 valence electrons. The number of piperidine rings is 1. The first-order valence-electron chi connectivity index (χ1n) is 5.16. The zero-order valence-corrected chi connectivity index (χ0v) is 8.77. The van der Waals surface area contributed by atoms with Crippen molar-refractivity contribution in [1.82, 2.24) is 14.9 Å². The predicted octanol–water partition coefficient (Wildman–Crippen LogP) is -0.0889. The largest absolute Gasteiger partial charge is 0.469 e. The molecule has 1 aliphatic heterocycles. The maximum atomic E-state index is 11.6. The Labute approximate surface area is 88.1 Å². The summed E-state index contributed by atoms with van der Waals surface area (Å²) in [4.78, 5) is 15.5. The Hall–Kier alpha value is -1.36. The first-order valence-corrected chi connectivity index (χ1v) is 5.16. The number of hydrogen-bond acceptors (Lipinski definition) is 4. The van der Waals surface area contributed by atoms with Crippen molar-refractivity contribution >= 4 is 0 Å². The maximum absolute atomic E-state index is 11.6. The topological polar surface area (TPSA) is 56.1 Å². The van der Waals surface area contributed by atoms with Gasteiger partial charge in [-0.3, -0.25) is 4.79 Å². The third-order valence-corrected chi connectivity index (χ3v) is 2.52. The summed E-state index contributed by atoms with van der Waals surface area (Å²) < 4.78 is 7.03. The molecule has 0 spiro atoms. The minimum absolute atomic E-state index is 0.0707. The molecule has 1 atom stereocenters. The summed E-state index contributed by atoms with van der Waals surface area (Å²) in [5.41, 5.74) is -0.178. The molecular formula is C10H15N3O2. The van der Waals surface area contributed by atoms with Crippen LogP contribution in [0.25, 0.3) is 0 Å². The molecule has 2 rings (SSSR count). The number of nitrogens with zero attached hydrogens (tertiary/aromatic N) is 2. The zero-order valence-electron chi connectivity index (χ0n) is 8.77. The van der Waals surface area contributed by atoms with Gasteiger partial charge in [0.05, 0.1) is 0 Å². The Kier molecular flexibility index (Phi) is 3.01. The molecule has 0 radical (unpaired) electrons. The standard InChI is InChI=1S/C10H15N3O2/c1-13-6-5-12-9(10(13)14)15-8-3-2-4-11-7-8/h5-6,8,11H,2-4,7H2,1H3. The highest BCUT2D eigenvalue weighted by Gasteiger charge is 2.16. The lowest BCUT2D eigenvalue weighted by Gasteiger charge is -2.22. The van der Waals surface area contributed by atoms with Crippen molar-refractivity contribution in [1.29, 1.82) is 0 Å². The van der Waals surface area contributed by atoms with Crippen LogP contribution in [-0.2, 0) is 7.05 Å². The van der Waals surface area contributed by atoms with E-state index in [0.717, 1.165) is 25.9 Å². The Morgan fingerprint density at radius 1 is 1.67 bits per heavy atom. The van der Waals surface area contributed by atoms with Crippen LogP contribution in [0.4, 0.5) is 0 Å². The highest BCUT2D eigenvalue weighted by molar-refractivity contribution is 5.04. The summed E-state index contributed by atoms with van der Waals surface area (Å²) in [5, 5.41) is 3.23. The van der Waals surface area contributed by atoms with Crippen molar-refractivity contribution in [2.75, 3.05) is 13.1 Å². The van der Waals surface area contributed by atoms with Crippen LogP contribution in [0.1, 0.15) is 12.8 Å². The fourth-order valence-corrected chi connectivity index (χ4v) is 1.63. The summed E-state index contributed by atoms with van der Waals surface area (Å²) in [6, 6.07) is 0. The molecule has 1 aliphatic rings. The number of rotatable bonds is 2. The van der Waals surface area contributed by atoms with E-state index in [4.69, 9.17) is 4.74 Å². The number of ether oxygens (including phenoxy) is 1. The highest BCUT2D eigenvalue weighted by atomic mass is 16.5. The molecule has 1 saturated heterocycles. The minimum Gasteiger partial charge on any atom is -0.469 e. The van der Waals surface area contributed by atoms with Gasteiger partial charge in [0.15, 0.2) is 0 Å². The molecule has 5 heteroatoms. The van der Waals surface area contributed by atoms with Crippen LogP contribution in [0.15, 0.2) is 17.2 Å². The number of hydrogen-bond donors (Lipinski definition) is 1.